The van der Waals surface area contributed by atoms with E-state index in [1.807, 2.05) is 0 Å². The Balaban J connectivity index is 1.39. The number of hydrogen-bond acceptors (Lipinski definition) is 6. The minimum Gasteiger partial charge on any atom is -0.384 e. The van der Waals surface area contributed by atoms with Crippen LogP contribution < -0.4 is 16.4 Å². The molecule has 1 aliphatic heterocycles. The molecule has 7 nitrogen and oxygen atoms in total. The average molecular weight is 533 g/mol. The topological polar surface area (TPSA) is 106 Å². The van der Waals surface area contributed by atoms with E-state index >= 15 is 0 Å². The SMILES string of the molecule is Nc1ccc(C(=O)C[C@@]2(C(=O)NCc3ccc(Nc4ccc(Cl)cc4C(F)(F)F)cc3)CCOC2)cn1. The molecule has 1 saturated heterocycles. The van der Waals surface area contributed by atoms with Gasteiger partial charge in [0.15, 0.2) is 5.78 Å². The van der Waals surface area contributed by atoms with Crippen molar-refractivity contribution < 1.29 is 27.5 Å². The minimum atomic E-state index is -4.57. The van der Waals surface area contributed by atoms with Crippen molar-refractivity contribution in [2.24, 2.45) is 5.41 Å². The highest BCUT2D eigenvalue weighted by Crippen LogP contribution is 2.38. The zero-order valence-corrected chi connectivity index (χ0v) is 20.3. The standard InChI is InChI=1S/C26H24ClF3N4O3/c27-18-4-7-21(20(11-18)26(28,29)30)34-19-5-1-16(2-6-19)13-33-24(36)25(9-10-37-15-25)12-22(35)17-3-8-23(31)32-14-17/h1-8,11,14,34H,9-10,12-13,15H2,(H2,31,32)(H,33,36)/t25-/m0/s1. The normalized spacial score (nSPS) is 17.4. The van der Waals surface area contributed by atoms with E-state index in [9.17, 15) is 22.8 Å². The van der Waals surface area contributed by atoms with E-state index in [2.05, 4.69) is 15.6 Å². The van der Waals surface area contributed by atoms with E-state index in [1.54, 1.807) is 30.3 Å². The first-order valence-electron chi connectivity index (χ1n) is 11.4. The molecule has 1 aliphatic rings. The van der Waals surface area contributed by atoms with Crippen molar-refractivity contribution in [1.82, 2.24) is 10.3 Å². The lowest BCUT2D eigenvalue weighted by Gasteiger charge is -2.25. The largest absolute Gasteiger partial charge is 0.418 e. The molecule has 2 heterocycles. The first-order chi connectivity index (χ1) is 17.6. The molecule has 3 aromatic rings. The highest BCUT2D eigenvalue weighted by atomic mass is 35.5. The Bertz CT molecular complexity index is 1280. The van der Waals surface area contributed by atoms with Gasteiger partial charge in [0.25, 0.3) is 0 Å². The fourth-order valence-corrected chi connectivity index (χ4v) is 4.25. The number of ether oxygens (including phenoxy) is 1. The number of halogens is 4. The summed E-state index contributed by atoms with van der Waals surface area (Å²) in [6.45, 7) is 0.664. The number of aromatic nitrogens is 1. The van der Waals surface area contributed by atoms with Crippen molar-refractivity contribution in [3.05, 3.63) is 82.5 Å². The minimum absolute atomic E-state index is 0.0127. The molecule has 37 heavy (non-hydrogen) atoms. The molecule has 1 atom stereocenters. The van der Waals surface area contributed by atoms with Gasteiger partial charge >= 0.3 is 6.18 Å². The van der Waals surface area contributed by atoms with Crippen LogP contribution >= 0.6 is 11.6 Å². The van der Waals surface area contributed by atoms with E-state index < -0.39 is 17.2 Å². The quantitative estimate of drug-likeness (QED) is 0.337. The second-order valence-electron chi connectivity index (χ2n) is 8.85. The Morgan fingerprint density at radius 1 is 1.11 bits per heavy atom. The van der Waals surface area contributed by atoms with Crippen molar-refractivity contribution in [1.29, 1.82) is 0 Å². The summed E-state index contributed by atoms with van der Waals surface area (Å²) in [6, 6.07) is 13.2. The van der Waals surface area contributed by atoms with Crippen molar-refractivity contribution in [2.45, 2.75) is 25.6 Å². The third-order valence-corrected chi connectivity index (χ3v) is 6.40. The van der Waals surface area contributed by atoms with Crippen molar-refractivity contribution in [3.63, 3.8) is 0 Å². The Kier molecular flexibility index (Phi) is 7.70. The Hall–Kier alpha value is -3.63. The van der Waals surface area contributed by atoms with Gasteiger partial charge < -0.3 is 21.1 Å². The van der Waals surface area contributed by atoms with Gasteiger partial charge in [-0.1, -0.05) is 23.7 Å². The van der Waals surface area contributed by atoms with Gasteiger partial charge in [0, 0.05) is 42.0 Å². The molecular weight excluding hydrogens is 509 g/mol. The maximum atomic E-state index is 13.3. The van der Waals surface area contributed by atoms with Gasteiger partial charge in [0.2, 0.25) is 5.91 Å². The molecule has 0 unspecified atom stereocenters. The summed E-state index contributed by atoms with van der Waals surface area (Å²) in [4.78, 5) is 29.8. The first-order valence-corrected chi connectivity index (χ1v) is 11.8. The number of rotatable bonds is 8. The van der Waals surface area contributed by atoms with Crippen molar-refractivity contribution >= 4 is 40.5 Å². The summed E-state index contributed by atoms with van der Waals surface area (Å²) in [7, 11) is 0. The highest BCUT2D eigenvalue weighted by molar-refractivity contribution is 6.30. The lowest BCUT2D eigenvalue weighted by atomic mass is 9.80. The number of benzene rings is 2. The second kappa shape index (κ2) is 10.8. The number of nitrogens with zero attached hydrogens (tertiary/aromatic N) is 1. The summed E-state index contributed by atoms with van der Waals surface area (Å²) >= 11 is 5.73. The molecule has 1 fully saturated rings. The third kappa shape index (κ3) is 6.39. The van der Waals surface area contributed by atoms with Crippen LogP contribution in [-0.4, -0.2) is 29.9 Å². The number of pyridine rings is 1. The molecule has 1 aromatic heterocycles. The smallest absolute Gasteiger partial charge is 0.384 e. The number of carbonyl (C=O) groups excluding carboxylic acids is 2. The van der Waals surface area contributed by atoms with Crippen LogP contribution in [0.2, 0.25) is 5.02 Å². The summed E-state index contributed by atoms with van der Waals surface area (Å²) in [5.41, 5.74) is 5.12. The predicted octanol–water partition coefficient (Wildman–Crippen LogP) is 5.38. The van der Waals surface area contributed by atoms with E-state index in [0.717, 1.165) is 11.6 Å². The number of hydrogen-bond donors (Lipinski definition) is 3. The maximum Gasteiger partial charge on any atom is 0.418 e. The predicted molar refractivity (Wildman–Crippen MR) is 133 cm³/mol. The van der Waals surface area contributed by atoms with Crippen LogP contribution in [0.1, 0.15) is 34.3 Å². The fourth-order valence-electron chi connectivity index (χ4n) is 4.08. The van der Waals surface area contributed by atoms with E-state index in [4.69, 9.17) is 22.1 Å². The van der Waals surface area contributed by atoms with Gasteiger partial charge in [-0.15, -0.1) is 0 Å². The number of Topliss-reactive ketones (excluding diaryl/α,β-unsaturated/α-hetero) is 1. The Morgan fingerprint density at radius 2 is 1.86 bits per heavy atom. The van der Waals surface area contributed by atoms with Gasteiger partial charge in [-0.05, 0) is 54.4 Å². The van der Waals surface area contributed by atoms with Crippen LogP contribution in [-0.2, 0) is 22.3 Å². The second-order valence-corrected chi connectivity index (χ2v) is 9.28. The first kappa shape index (κ1) is 26.4. The molecule has 0 saturated carbocycles. The molecule has 0 aliphatic carbocycles. The number of carbonyl (C=O) groups is 2. The molecule has 0 bridgehead atoms. The van der Waals surface area contributed by atoms with E-state index in [1.165, 1.54) is 24.4 Å². The van der Waals surface area contributed by atoms with Gasteiger partial charge in [0.1, 0.15) is 5.82 Å². The summed E-state index contributed by atoms with van der Waals surface area (Å²) in [5, 5.41) is 5.61. The lowest BCUT2D eigenvalue weighted by molar-refractivity contribution is -0.137. The third-order valence-electron chi connectivity index (χ3n) is 6.17. The number of anilines is 3. The molecule has 4 rings (SSSR count). The van der Waals surface area contributed by atoms with Crippen LogP contribution in [0.25, 0.3) is 0 Å². The highest BCUT2D eigenvalue weighted by Gasteiger charge is 2.44. The molecule has 2 aromatic carbocycles. The zero-order chi connectivity index (χ0) is 26.6. The fraction of sp³-hybridized carbons (Fsp3) is 0.269. The van der Waals surface area contributed by atoms with Crippen LogP contribution in [0, 0.1) is 5.41 Å². The molecule has 11 heteroatoms. The molecule has 194 valence electrons. The van der Waals surface area contributed by atoms with Crippen LogP contribution in [0.4, 0.5) is 30.4 Å². The Labute approximate surface area is 216 Å². The van der Waals surface area contributed by atoms with E-state index in [-0.39, 0.29) is 42.0 Å². The molecular formula is C26H24ClF3N4O3. The number of nitrogens with two attached hydrogens (primary N) is 1. The van der Waals surface area contributed by atoms with Gasteiger partial charge in [-0.25, -0.2) is 4.98 Å². The zero-order valence-electron chi connectivity index (χ0n) is 19.6. The molecule has 0 radical (unpaired) electrons. The van der Waals surface area contributed by atoms with Gasteiger partial charge in [-0.3, -0.25) is 9.59 Å². The molecule has 1 amide bonds. The maximum absolute atomic E-state index is 13.3. The number of alkyl halides is 3. The van der Waals surface area contributed by atoms with Gasteiger partial charge in [0.05, 0.1) is 23.3 Å². The molecule has 4 N–H and O–H groups in total. The Morgan fingerprint density at radius 3 is 2.49 bits per heavy atom. The number of nitrogen functional groups attached to an aromatic ring is 1. The molecule has 0 spiro atoms. The number of amides is 1. The van der Waals surface area contributed by atoms with Crippen LogP contribution in [0.3, 0.4) is 0 Å². The van der Waals surface area contributed by atoms with Gasteiger partial charge in [-0.2, -0.15) is 13.2 Å². The summed E-state index contributed by atoms with van der Waals surface area (Å²) in [5.74, 6) is -0.243. The van der Waals surface area contributed by atoms with Crippen molar-refractivity contribution in [3.8, 4) is 0 Å². The van der Waals surface area contributed by atoms with Crippen LogP contribution in [0.5, 0.6) is 0 Å². The lowest BCUT2D eigenvalue weighted by Crippen LogP contribution is -2.42. The van der Waals surface area contributed by atoms with Crippen molar-refractivity contribution in [2.75, 3.05) is 24.3 Å². The van der Waals surface area contributed by atoms with E-state index in [0.29, 0.717) is 30.1 Å². The monoisotopic (exact) mass is 532 g/mol. The van der Waals surface area contributed by atoms with Crippen LogP contribution in [0.15, 0.2) is 60.8 Å². The summed E-state index contributed by atoms with van der Waals surface area (Å²) in [6.07, 6.45) is -2.81. The number of ketones is 1. The average Bonchev–Trinajstić information content (AvgIpc) is 3.34. The summed E-state index contributed by atoms with van der Waals surface area (Å²) < 4.78 is 45.5. The number of nitrogens with one attached hydrogen (secondary N) is 2.